The number of sulfonamides is 1. The number of thiazole rings is 1. The van der Waals surface area contributed by atoms with E-state index in [0.717, 1.165) is 11.3 Å². The highest BCUT2D eigenvalue weighted by atomic mass is 32.2. The van der Waals surface area contributed by atoms with E-state index in [2.05, 4.69) is 4.40 Å². The van der Waals surface area contributed by atoms with Gasteiger partial charge in [0.05, 0.1) is 4.90 Å². The molecule has 0 aliphatic carbocycles. The number of hydrogen-bond donors (Lipinski definition) is 2. The standard InChI is InChI=1S/C11H12N4O3S2/c12-8-1-3-9(4-2-8)20(17,18)14-11-15(5-6-19-11)7-10(13)16/h1-6H,7,12H2,(H2,13,16)/b14-11-. The van der Waals surface area contributed by atoms with Crippen LogP contribution in [0.2, 0.25) is 0 Å². The molecule has 1 amide bonds. The van der Waals surface area contributed by atoms with Gasteiger partial charge in [-0.05, 0) is 24.3 Å². The summed E-state index contributed by atoms with van der Waals surface area (Å²) in [6, 6.07) is 5.71. The number of rotatable bonds is 4. The summed E-state index contributed by atoms with van der Waals surface area (Å²) in [4.78, 5) is 11.1. The first-order valence-electron chi connectivity index (χ1n) is 5.47. The van der Waals surface area contributed by atoms with Crippen LogP contribution in [-0.2, 0) is 21.4 Å². The fourth-order valence-electron chi connectivity index (χ4n) is 1.45. The maximum atomic E-state index is 12.1. The third-order valence-electron chi connectivity index (χ3n) is 2.36. The number of nitrogens with two attached hydrogens (primary N) is 2. The van der Waals surface area contributed by atoms with Gasteiger partial charge in [0.25, 0.3) is 10.0 Å². The Labute approximate surface area is 119 Å². The number of nitrogens with zero attached hydrogens (tertiary/aromatic N) is 2. The van der Waals surface area contributed by atoms with Crippen molar-refractivity contribution in [2.75, 3.05) is 5.73 Å². The molecule has 2 aromatic rings. The molecule has 2 rings (SSSR count). The van der Waals surface area contributed by atoms with E-state index in [0.29, 0.717) is 5.69 Å². The third kappa shape index (κ3) is 3.25. The SMILES string of the molecule is NC(=O)Cn1ccs/c1=N\S(=O)(=O)c1ccc(N)cc1. The van der Waals surface area contributed by atoms with Gasteiger partial charge in [-0.3, -0.25) is 4.79 Å². The van der Waals surface area contributed by atoms with Crippen LogP contribution >= 0.6 is 11.3 Å². The summed E-state index contributed by atoms with van der Waals surface area (Å²) in [5, 5.41) is 1.63. The Balaban J connectivity index is 2.46. The van der Waals surface area contributed by atoms with Crippen molar-refractivity contribution >= 4 is 33.0 Å². The lowest BCUT2D eigenvalue weighted by atomic mass is 10.3. The van der Waals surface area contributed by atoms with E-state index in [-0.39, 0.29) is 16.2 Å². The van der Waals surface area contributed by atoms with Crippen molar-refractivity contribution in [3.05, 3.63) is 40.6 Å². The molecule has 7 nitrogen and oxygen atoms in total. The molecule has 0 saturated carbocycles. The topological polar surface area (TPSA) is 121 Å². The fourth-order valence-corrected chi connectivity index (χ4v) is 3.41. The van der Waals surface area contributed by atoms with Crippen LogP contribution < -0.4 is 16.3 Å². The molecule has 106 valence electrons. The Morgan fingerprint density at radius 2 is 1.95 bits per heavy atom. The Hall–Kier alpha value is -2.13. The number of anilines is 1. The Bertz CT molecular complexity index is 788. The second-order valence-electron chi connectivity index (χ2n) is 3.92. The second-order valence-corrected chi connectivity index (χ2v) is 6.39. The summed E-state index contributed by atoms with van der Waals surface area (Å²) in [5.74, 6) is -0.574. The van der Waals surface area contributed by atoms with E-state index in [9.17, 15) is 13.2 Å². The molecule has 0 bridgehead atoms. The van der Waals surface area contributed by atoms with E-state index in [1.165, 1.54) is 28.8 Å². The number of benzene rings is 1. The zero-order valence-electron chi connectivity index (χ0n) is 10.3. The summed E-state index contributed by atoms with van der Waals surface area (Å²) < 4.78 is 29.3. The smallest absolute Gasteiger partial charge is 0.285 e. The van der Waals surface area contributed by atoms with Crippen molar-refractivity contribution in [2.24, 2.45) is 10.1 Å². The van der Waals surface area contributed by atoms with Gasteiger partial charge in [0.2, 0.25) is 10.7 Å². The molecule has 0 atom stereocenters. The number of primary amides is 1. The molecule has 0 aliphatic rings. The molecule has 0 unspecified atom stereocenters. The minimum atomic E-state index is -3.85. The average Bonchev–Trinajstić information content (AvgIpc) is 2.75. The number of aromatic nitrogens is 1. The number of hydrogen-bond acceptors (Lipinski definition) is 5. The third-order valence-corrected chi connectivity index (χ3v) is 4.55. The lowest BCUT2D eigenvalue weighted by Gasteiger charge is -2.00. The molecule has 1 heterocycles. The summed E-state index contributed by atoms with van der Waals surface area (Å²) in [6.45, 7) is -0.125. The predicted molar refractivity (Wildman–Crippen MR) is 75.1 cm³/mol. The van der Waals surface area contributed by atoms with Gasteiger partial charge < -0.3 is 16.0 Å². The van der Waals surface area contributed by atoms with Crippen molar-refractivity contribution in [1.82, 2.24) is 4.57 Å². The quantitative estimate of drug-likeness (QED) is 0.766. The molecule has 0 radical (unpaired) electrons. The van der Waals surface area contributed by atoms with E-state index in [1.807, 2.05) is 0 Å². The zero-order valence-corrected chi connectivity index (χ0v) is 11.9. The maximum absolute atomic E-state index is 12.1. The second kappa shape index (κ2) is 5.47. The average molecular weight is 312 g/mol. The van der Waals surface area contributed by atoms with Crippen molar-refractivity contribution in [2.45, 2.75) is 11.4 Å². The first-order chi connectivity index (χ1) is 9.38. The zero-order chi connectivity index (χ0) is 14.8. The van der Waals surface area contributed by atoms with Crippen LogP contribution in [0, 0.1) is 0 Å². The normalized spacial score (nSPS) is 12.5. The highest BCUT2D eigenvalue weighted by Gasteiger charge is 2.13. The lowest BCUT2D eigenvalue weighted by molar-refractivity contribution is -0.118. The summed E-state index contributed by atoms with van der Waals surface area (Å²) >= 11 is 1.10. The monoisotopic (exact) mass is 312 g/mol. The predicted octanol–water partition coefficient (Wildman–Crippen LogP) is -0.0933. The van der Waals surface area contributed by atoms with Gasteiger partial charge in [0.1, 0.15) is 6.54 Å². The molecule has 0 aliphatic heterocycles. The van der Waals surface area contributed by atoms with Crippen molar-refractivity contribution in [1.29, 1.82) is 0 Å². The van der Waals surface area contributed by atoms with Crippen LogP contribution in [0.4, 0.5) is 5.69 Å². The molecule has 20 heavy (non-hydrogen) atoms. The Kier molecular flexibility index (Phi) is 3.91. The van der Waals surface area contributed by atoms with Crippen LogP contribution in [0.15, 0.2) is 45.1 Å². The molecular weight excluding hydrogens is 300 g/mol. The summed E-state index contributed by atoms with van der Waals surface area (Å²) in [6.07, 6.45) is 1.55. The minimum Gasteiger partial charge on any atom is -0.399 e. The lowest BCUT2D eigenvalue weighted by Crippen LogP contribution is -2.25. The van der Waals surface area contributed by atoms with Crippen molar-refractivity contribution in [3.8, 4) is 0 Å². The largest absolute Gasteiger partial charge is 0.399 e. The van der Waals surface area contributed by atoms with Gasteiger partial charge in [-0.2, -0.15) is 8.42 Å². The maximum Gasteiger partial charge on any atom is 0.285 e. The summed E-state index contributed by atoms with van der Waals surface area (Å²) in [7, 11) is -3.85. The Morgan fingerprint density at radius 3 is 2.55 bits per heavy atom. The highest BCUT2D eigenvalue weighted by Crippen LogP contribution is 2.13. The van der Waals surface area contributed by atoms with Crippen LogP contribution in [-0.4, -0.2) is 18.9 Å². The molecule has 0 fully saturated rings. The molecule has 1 aromatic carbocycles. The van der Waals surface area contributed by atoms with E-state index < -0.39 is 15.9 Å². The van der Waals surface area contributed by atoms with Gasteiger partial charge in [-0.1, -0.05) is 0 Å². The van der Waals surface area contributed by atoms with Gasteiger partial charge in [0.15, 0.2) is 0 Å². The van der Waals surface area contributed by atoms with Crippen LogP contribution in [0.25, 0.3) is 0 Å². The van der Waals surface area contributed by atoms with Gasteiger partial charge in [0, 0.05) is 17.3 Å². The van der Waals surface area contributed by atoms with Gasteiger partial charge in [-0.25, -0.2) is 0 Å². The van der Waals surface area contributed by atoms with Crippen LogP contribution in [0.5, 0.6) is 0 Å². The number of carbonyl (C=O) groups excluding carboxylic acids is 1. The van der Waals surface area contributed by atoms with E-state index in [4.69, 9.17) is 11.5 Å². The minimum absolute atomic E-state index is 0.0331. The van der Waals surface area contributed by atoms with Crippen molar-refractivity contribution < 1.29 is 13.2 Å². The number of amides is 1. The number of nitrogen functional groups attached to an aromatic ring is 1. The van der Waals surface area contributed by atoms with Gasteiger partial charge >= 0.3 is 0 Å². The molecular formula is C11H12N4O3S2. The number of carbonyl (C=O) groups is 1. The van der Waals surface area contributed by atoms with Gasteiger partial charge in [-0.15, -0.1) is 15.7 Å². The Morgan fingerprint density at radius 1 is 1.30 bits per heavy atom. The molecule has 0 saturated heterocycles. The van der Waals surface area contributed by atoms with Crippen molar-refractivity contribution in [3.63, 3.8) is 0 Å². The van der Waals surface area contributed by atoms with E-state index in [1.54, 1.807) is 11.6 Å². The molecule has 1 aromatic heterocycles. The summed E-state index contributed by atoms with van der Waals surface area (Å²) in [5.41, 5.74) is 11.1. The molecule has 0 spiro atoms. The molecule has 4 N–H and O–H groups in total. The molecule has 9 heteroatoms. The van der Waals surface area contributed by atoms with Crippen LogP contribution in [0.1, 0.15) is 0 Å². The first-order valence-corrected chi connectivity index (χ1v) is 7.79. The fraction of sp³-hybridized carbons (Fsp3) is 0.0909. The van der Waals surface area contributed by atoms with E-state index >= 15 is 0 Å². The van der Waals surface area contributed by atoms with Crippen LogP contribution in [0.3, 0.4) is 0 Å². The highest BCUT2D eigenvalue weighted by molar-refractivity contribution is 7.90. The first kappa shape index (κ1) is 14.3.